The van der Waals surface area contributed by atoms with Crippen molar-refractivity contribution in [2.75, 3.05) is 6.54 Å². The van der Waals surface area contributed by atoms with Gasteiger partial charge in [0.2, 0.25) is 0 Å². The van der Waals surface area contributed by atoms with Gasteiger partial charge in [-0.2, -0.15) is 0 Å². The van der Waals surface area contributed by atoms with Crippen molar-refractivity contribution in [2.24, 2.45) is 5.92 Å². The van der Waals surface area contributed by atoms with E-state index in [1.165, 1.54) is 30.7 Å². The Bertz CT molecular complexity index is 340. The second-order valence-corrected chi connectivity index (χ2v) is 6.56. The lowest BCUT2D eigenvalue weighted by molar-refractivity contribution is 0.317. The Hall–Kier alpha value is -0.540. The van der Waals surface area contributed by atoms with Gasteiger partial charge < -0.3 is 5.32 Å². The smallest absolute Gasteiger partial charge is 0.0963 e. The Labute approximate surface area is 115 Å². The summed E-state index contributed by atoms with van der Waals surface area (Å²) in [6.45, 7) is 5.75. The van der Waals surface area contributed by atoms with Gasteiger partial charge in [0.05, 0.1) is 5.03 Å². The van der Waals surface area contributed by atoms with E-state index in [1.807, 2.05) is 24.0 Å². The fourth-order valence-corrected chi connectivity index (χ4v) is 4.00. The van der Waals surface area contributed by atoms with E-state index in [1.54, 1.807) is 0 Å². The molecule has 3 unspecified atom stereocenters. The molecule has 1 aromatic rings. The van der Waals surface area contributed by atoms with E-state index < -0.39 is 0 Å². The van der Waals surface area contributed by atoms with Crippen molar-refractivity contribution in [3.05, 3.63) is 24.4 Å². The van der Waals surface area contributed by atoms with Crippen LogP contribution in [0.15, 0.2) is 29.4 Å². The Morgan fingerprint density at radius 2 is 2.28 bits per heavy atom. The fourth-order valence-electron chi connectivity index (χ4n) is 2.59. The fraction of sp³-hybridized carbons (Fsp3) is 0.667. The summed E-state index contributed by atoms with van der Waals surface area (Å²) in [5.74, 6) is 0.853. The minimum Gasteiger partial charge on any atom is -0.313 e. The Balaban J connectivity index is 1.96. The molecule has 3 atom stereocenters. The van der Waals surface area contributed by atoms with Gasteiger partial charge in [0.15, 0.2) is 0 Å². The number of thioether (sulfide) groups is 1. The van der Waals surface area contributed by atoms with Gasteiger partial charge in [-0.3, -0.25) is 0 Å². The standard InChI is InChI=1S/C15H24N2S/c1-3-9-16-13-8-7-12(2)11-14(13)18-15-6-4-5-10-17-15/h4-6,10,12-14,16H,3,7-9,11H2,1-2H3. The third-order valence-corrected chi connectivity index (χ3v) is 4.93. The van der Waals surface area contributed by atoms with Crippen molar-refractivity contribution < 1.29 is 0 Å². The normalized spacial score (nSPS) is 28.2. The number of hydrogen-bond acceptors (Lipinski definition) is 3. The van der Waals surface area contributed by atoms with Gasteiger partial charge in [-0.1, -0.05) is 19.9 Å². The molecule has 0 amide bonds. The van der Waals surface area contributed by atoms with Gasteiger partial charge in [0, 0.05) is 17.5 Å². The monoisotopic (exact) mass is 264 g/mol. The summed E-state index contributed by atoms with van der Waals surface area (Å²) >= 11 is 1.95. The van der Waals surface area contributed by atoms with E-state index in [4.69, 9.17) is 0 Å². The average Bonchev–Trinajstić information content (AvgIpc) is 2.39. The number of nitrogens with one attached hydrogen (secondary N) is 1. The van der Waals surface area contributed by atoms with Crippen LogP contribution in [0.2, 0.25) is 0 Å². The van der Waals surface area contributed by atoms with Crippen LogP contribution in [0.3, 0.4) is 0 Å². The van der Waals surface area contributed by atoms with E-state index in [2.05, 4.69) is 36.3 Å². The zero-order valence-electron chi connectivity index (χ0n) is 11.4. The first-order valence-electron chi connectivity index (χ1n) is 7.10. The first-order valence-corrected chi connectivity index (χ1v) is 7.98. The van der Waals surface area contributed by atoms with Gasteiger partial charge in [-0.25, -0.2) is 4.98 Å². The summed E-state index contributed by atoms with van der Waals surface area (Å²) in [7, 11) is 0. The van der Waals surface area contributed by atoms with Crippen LogP contribution >= 0.6 is 11.8 Å². The number of pyridine rings is 1. The van der Waals surface area contributed by atoms with Crippen LogP contribution in [0.1, 0.15) is 39.5 Å². The molecule has 0 aliphatic heterocycles. The van der Waals surface area contributed by atoms with Crippen molar-refractivity contribution in [3.8, 4) is 0 Å². The van der Waals surface area contributed by atoms with Crippen LogP contribution in [-0.2, 0) is 0 Å². The number of aromatic nitrogens is 1. The number of rotatable bonds is 5. The van der Waals surface area contributed by atoms with Crippen molar-refractivity contribution in [2.45, 2.75) is 55.8 Å². The minimum atomic E-state index is 0.660. The van der Waals surface area contributed by atoms with Crippen LogP contribution in [0.25, 0.3) is 0 Å². The predicted molar refractivity (Wildman–Crippen MR) is 79.0 cm³/mol. The van der Waals surface area contributed by atoms with Crippen LogP contribution in [0.5, 0.6) is 0 Å². The molecule has 0 bridgehead atoms. The maximum Gasteiger partial charge on any atom is 0.0963 e. The zero-order chi connectivity index (χ0) is 12.8. The summed E-state index contributed by atoms with van der Waals surface area (Å²) in [5.41, 5.74) is 0. The summed E-state index contributed by atoms with van der Waals surface area (Å²) in [4.78, 5) is 4.45. The van der Waals surface area contributed by atoms with Gasteiger partial charge in [0.1, 0.15) is 0 Å². The van der Waals surface area contributed by atoms with E-state index in [0.717, 1.165) is 12.5 Å². The SMILES string of the molecule is CCCNC1CCC(C)CC1Sc1ccccn1. The van der Waals surface area contributed by atoms with Crippen LogP contribution in [0.4, 0.5) is 0 Å². The largest absolute Gasteiger partial charge is 0.313 e. The van der Waals surface area contributed by atoms with Gasteiger partial charge in [-0.15, -0.1) is 11.8 Å². The second-order valence-electron chi connectivity index (χ2n) is 5.30. The Morgan fingerprint density at radius 3 is 3.00 bits per heavy atom. The number of nitrogens with zero attached hydrogens (tertiary/aromatic N) is 1. The summed E-state index contributed by atoms with van der Waals surface area (Å²) < 4.78 is 0. The molecule has 1 aliphatic rings. The quantitative estimate of drug-likeness (QED) is 0.877. The van der Waals surface area contributed by atoms with Crippen molar-refractivity contribution in [1.82, 2.24) is 10.3 Å². The first-order chi connectivity index (χ1) is 8.79. The van der Waals surface area contributed by atoms with Crippen LogP contribution < -0.4 is 5.32 Å². The molecule has 1 saturated carbocycles. The third kappa shape index (κ3) is 3.99. The van der Waals surface area contributed by atoms with Gasteiger partial charge >= 0.3 is 0 Å². The highest BCUT2D eigenvalue weighted by molar-refractivity contribution is 7.99. The Kier molecular flexibility index (Phi) is 5.51. The Morgan fingerprint density at radius 1 is 1.39 bits per heavy atom. The number of hydrogen-bond donors (Lipinski definition) is 1. The van der Waals surface area contributed by atoms with E-state index >= 15 is 0 Å². The molecular formula is C15H24N2S. The zero-order valence-corrected chi connectivity index (χ0v) is 12.2. The summed E-state index contributed by atoms with van der Waals surface area (Å²) in [6, 6.07) is 6.85. The lowest BCUT2D eigenvalue weighted by Gasteiger charge is -2.35. The molecule has 0 radical (unpaired) electrons. The molecular weight excluding hydrogens is 240 g/mol. The molecule has 1 aromatic heterocycles. The highest BCUT2D eigenvalue weighted by Gasteiger charge is 2.29. The van der Waals surface area contributed by atoms with Gasteiger partial charge in [0.25, 0.3) is 0 Å². The van der Waals surface area contributed by atoms with Crippen LogP contribution in [0, 0.1) is 5.92 Å². The molecule has 1 heterocycles. The molecule has 1 aliphatic carbocycles. The van der Waals surface area contributed by atoms with Crippen molar-refractivity contribution in [3.63, 3.8) is 0 Å². The summed E-state index contributed by atoms with van der Waals surface area (Å²) in [6.07, 6.45) is 7.09. The molecule has 2 rings (SSSR count). The highest BCUT2D eigenvalue weighted by Crippen LogP contribution is 2.35. The molecule has 0 aromatic carbocycles. The van der Waals surface area contributed by atoms with Crippen molar-refractivity contribution >= 4 is 11.8 Å². The molecule has 2 nitrogen and oxygen atoms in total. The molecule has 1 N–H and O–H groups in total. The molecule has 0 saturated heterocycles. The summed E-state index contributed by atoms with van der Waals surface area (Å²) in [5, 5.41) is 5.56. The lowest BCUT2D eigenvalue weighted by Crippen LogP contribution is -2.42. The van der Waals surface area contributed by atoms with Gasteiger partial charge in [-0.05, 0) is 50.3 Å². The highest BCUT2D eigenvalue weighted by atomic mass is 32.2. The van der Waals surface area contributed by atoms with E-state index in [9.17, 15) is 0 Å². The molecule has 18 heavy (non-hydrogen) atoms. The van der Waals surface area contributed by atoms with Crippen molar-refractivity contribution in [1.29, 1.82) is 0 Å². The second kappa shape index (κ2) is 7.15. The van der Waals surface area contributed by atoms with E-state index in [0.29, 0.717) is 11.3 Å². The third-order valence-electron chi connectivity index (χ3n) is 3.62. The minimum absolute atomic E-state index is 0.660. The average molecular weight is 264 g/mol. The molecule has 100 valence electrons. The molecule has 0 spiro atoms. The van der Waals surface area contributed by atoms with Crippen LogP contribution in [-0.4, -0.2) is 22.8 Å². The maximum absolute atomic E-state index is 4.45. The lowest BCUT2D eigenvalue weighted by atomic mass is 9.87. The molecule has 1 fully saturated rings. The molecule has 3 heteroatoms. The van der Waals surface area contributed by atoms with E-state index in [-0.39, 0.29) is 0 Å². The maximum atomic E-state index is 4.45. The predicted octanol–water partition coefficient (Wildman–Crippen LogP) is 3.73. The first kappa shape index (κ1) is 13.9. The topological polar surface area (TPSA) is 24.9 Å².